The fraction of sp³-hybridized carbons (Fsp3) is 0.250. The van der Waals surface area contributed by atoms with Gasteiger partial charge >= 0.3 is 5.97 Å². The second-order valence-electron chi connectivity index (χ2n) is 4.82. The molecular weight excluding hydrogens is 357 g/mol. The molecule has 1 amide bonds. The molecule has 0 spiro atoms. The molecule has 4 nitrogen and oxygen atoms in total. The van der Waals surface area contributed by atoms with Gasteiger partial charge < -0.3 is 10.1 Å². The molecule has 1 atom stereocenters. The van der Waals surface area contributed by atoms with Crippen LogP contribution in [0.4, 0.5) is 5.69 Å². The van der Waals surface area contributed by atoms with Gasteiger partial charge in [-0.2, -0.15) is 0 Å². The van der Waals surface area contributed by atoms with Crippen molar-refractivity contribution in [2.75, 3.05) is 5.32 Å². The Morgan fingerprint density at radius 1 is 1.30 bits per heavy atom. The van der Waals surface area contributed by atoms with Crippen LogP contribution >= 0.6 is 34.5 Å². The van der Waals surface area contributed by atoms with E-state index in [2.05, 4.69) is 5.32 Å². The van der Waals surface area contributed by atoms with Crippen molar-refractivity contribution >= 4 is 52.1 Å². The standard InChI is InChI=1S/C16H15Cl2NO3S/c1-10(22-15(20)7-5-12-3-2-8-23-12)16(21)19-14-6-4-11(17)9-13(14)18/h2-4,6,8-10H,5,7H2,1H3,(H,19,21). The lowest BCUT2D eigenvalue weighted by Gasteiger charge is -2.14. The van der Waals surface area contributed by atoms with E-state index in [0.29, 0.717) is 22.2 Å². The Hall–Kier alpha value is -1.56. The molecule has 2 rings (SSSR count). The van der Waals surface area contributed by atoms with Crippen molar-refractivity contribution in [1.82, 2.24) is 0 Å². The second kappa shape index (κ2) is 8.34. The van der Waals surface area contributed by atoms with Gasteiger partial charge in [0.2, 0.25) is 0 Å². The number of thiophene rings is 1. The molecule has 1 heterocycles. The quantitative estimate of drug-likeness (QED) is 0.757. The van der Waals surface area contributed by atoms with Crippen LogP contribution in [0.2, 0.25) is 10.0 Å². The van der Waals surface area contributed by atoms with Gasteiger partial charge in [-0.1, -0.05) is 29.3 Å². The van der Waals surface area contributed by atoms with Crippen molar-refractivity contribution in [2.24, 2.45) is 0 Å². The molecule has 2 aromatic rings. The second-order valence-corrected chi connectivity index (χ2v) is 6.70. The molecule has 1 N–H and O–H groups in total. The number of halogens is 2. The summed E-state index contributed by atoms with van der Waals surface area (Å²) in [5.74, 6) is -0.859. The zero-order chi connectivity index (χ0) is 16.8. The zero-order valence-electron chi connectivity index (χ0n) is 12.3. The van der Waals surface area contributed by atoms with Crippen LogP contribution in [0.25, 0.3) is 0 Å². The van der Waals surface area contributed by atoms with Crippen molar-refractivity contribution in [2.45, 2.75) is 25.9 Å². The van der Waals surface area contributed by atoms with E-state index in [-0.39, 0.29) is 6.42 Å². The Morgan fingerprint density at radius 2 is 2.09 bits per heavy atom. The van der Waals surface area contributed by atoms with Gasteiger partial charge in [-0.05, 0) is 43.0 Å². The van der Waals surface area contributed by atoms with Crippen LogP contribution in [0.15, 0.2) is 35.7 Å². The van der Waals surface area contributed by atoms with Gasteiger partial charge in [0.1, 0.15) is 0 Å². The SMILES string of the molecule is CC(OC(=O)CCc1cccs1)C(=O)Nc1ccc(Cl)cc1Cl. The molecule has 0 radical (unpaired) electrons. The van der Waals surface area contributed by atoms with Gasteiger partial charge in [0.15, 0.2) is 6.10 Å². The van der Waals surface area contributed by atoms with E-state index >= 15 is 0 Å². The summed E-state index contributed by atoms with van der Waals surface area (Å²) in [6, 6.07) is 8.61. The van der Waals surface area contributed by atoms with Gasteiger partial charge in [-0.25, -0.2) is 0 Å². The first kappa shape index (κ1) is 17.8. The van der Waals surface area contributed by atoms with Crippen molar-refractivity contribution in [3.05, 3.63) is 50.6 Å². The summed E-state index contributed by atoms with van der Waals surface area (Å²) in [6.07, 6.45) is -0.0641. The van der Waals surface area contributed by atoms with Crippen LogP contribution in [0.5, 0.6) is 0 Å². The fourth-order valence-electron chi connectivity index (χ4n) is 1.81. The van der Waals surface area contributed by atoms with E-state index in [1.807, 2.05) is 17.5 Å². The maximum absolute atomic E-state index is 12.0. The smallest absolute Gasteiger partial charge is 0.306 e. The highest BCUT2D eigenvalue weighted by molar-refractivity contribution is 7.09. The Labute approximate surface area is 148 Å². The summed E-state index contributed by atoms with van der Waals surface area (Å²) in [4.78, 5) is 24.9. The van der Waals surface area contributed by atoms with Crippen LogP contribution in [0.3, 0.4) is 0 Å². The van der Waals surface area contributed by atoms with Crippen molar-refractivity contribution in [3.63, 3.8) is 0 Å². The number of nitrogens with one attached hydrogen (secondary N) is 1. The molecule has 0 aliphatic heterocycles. The highest BCUT2D eigenvalue weighted by Gasteiger charge is 2.18. The molecule has 122 valence electrons. The van der Waals surface area contributed by atoms with Gasteiger partial charge in [0.05, 0.1) is 17.1 Å². The Bertz CT molecular complexity index is 689. The third-order valence-electron chi connectivity index (χ3n) is 3.02. The Morgan fingerprint density at radius 3 is 2.74 bits per heavy atom. The molecule has 23 heavy (non-hydrogen) atoms. The Kier molecular flexibility index (Phi) is 6.45. The molecule has 0 saturated carbocycles. The topological polar surface area (TPSA) is 55.4 Å². The van der Waals surface area contributed by atoms with Gasteiger partial charge in [0, 0.05) is 9.90 Å². The van der Waals surface area contributed by atoms with E-state index < -0.39 is 18.0 Å². The zero-order valence-corrected chi connectivity index (χ0v) is 14.7. The van der Waals surface area contributed by atoms with E-state index in [4.69, 9.17) is 27.9 Å². The Balaban J connectivity index is 1.83. The minimum atomic E-state index is -0.905. The molecule has 7 heteroatoms. The molecule has 1 aromatic heterocycles. The predicted molar refractivity (Wildman–Crippen MR) is 93.3 cm³/mol. The van der Waals surface area contributed by atoms with E-state index in [1.165, 1.54) is 13.0 Å². The summed E-state index contributed by atoms with van der Waals surface area (Å²) < 4.78 is 5.13. The number of rotatable bonds is 6. The molecular formula is C16H15Cl2NO3S. The minimum absolute atomic E-state index is 0.236. The first-order chi connectivity index (χ1) is 11.0. The number of anilines is 1. The first-order valence-corrected chi connectivity index (χ1v) is 8.57. The van der Waals surface area contributed by atoms with E-state index in [1.54, 1.807) is 23.5 Å². The lowest BCUT2D eigenvalue weighted by Crippen LogP contribution is -2.30. The largest absolute Gasteiger partial charge is 0.453 e. The first-order valence-electron chi connectivity index (χ1n) is 6.93. The number of carbonyl (C=O) groups is 2. The van der Waals surface area contributed by atoms with Crippen LogP contribution in [-0.4, -0.2) is 18.0 Å². The average molecular weight is 372 g/mol. The lowest BCUT2D eigenvalue weighted by atomic mass is 10.2. The lowest BCUT2D eigenvalue weighted by molar-refractivity contribution is -0.153. The maximum Gasteiger partial charge on any atom is 0.306 e. The third kappa shape index (κ3) is 5.53. The molecule has 0 bridgehead atoms. The van der Waals surface area contributed by atoms with Crippen molar-refractivity contribution < 1.29 is 14.3 Å². The highest BCUT2D eigenvalue weighted by Crippen LogP contribution is 2.25. The summed E-state index contributed by atoms with van der Waals surface area (Å²) in [5, 5.41) is 5.35. The van der Waals surface area contributed by atoms with Crippen LogP contribution < -0.4 is 5.32 Å². The third-order valence-corrected chi connectivity index (χ3v) is 4.51. The number of carbonyl (C=O) groups excluding carboxylic acids is 2. The summed E-state index contributed by atoms with van der Waals surface area (Å²) in [5.41, 5.74) is 0.419. The molecule has 0 saturated heterocycles. The fourth-order valence-corrected chi connectivity index (χ4v) is 2.98. The van der Waals surface area contributed by atoms with Gasteiger partial charge in [0.25, 0.3) is 5.91 Å². The average Bonchev–Trinajstić information content (AvgIpc) is 3.01. The maximum atomic E-state index is 12.0. The normalized spacial score (nSPS) is 11.8. The van der Waals surface area contributed by atoms with E-state index in [0.717, 1.165) is 4.88 Å². The molecule has 1 unspecified atom stereocenters. The summed E-state index contributed by atoms with van der Waals surface area (Å²) in [7, 11) is 0. The van der Waals surface area contributed by atoms with Gasteiger partial charge in [-0.3, -0.25) is 9.59 Å². The van der Waals surface area contributed by atoms with Gasteiger partial charge in [-0.15, -0.1) is 11.3 Å². The van der Waals surface area contributed by atoms with Crippen molar-refractivity contribution in [3.8, 4) is 0 Å². The number of esters is 1. The predicted octanol–water partition coefficient (Wildman–Crippen LogP) is 4.56. The number of amides is 1. The summed E-state index contributed by atoms with van der Waals surface area (Å²) >= 11 is 13.4. The monoisotopic (exact) mass is 371 g/mol. The van der Waals surface area contributed by atoms with E-state index in [9.17, 15) is 9.59 Å². The number of ether oxygens (including phenoxy) is 1. The number of aryl methyl sites for hydroxylation is 1. The van der Waals surface area contributed by atoms with Crippen LogP contribution in [0.1, 0.15) is 18.2 Å². The van der Waals surface area contributed by atoms with Crippen LogP contribution in [-0.2, 0) is 20.7 Å². The summed E-state index contributed by atoms with van der Waals surface area (Å²) in [6.45, 7) is 1.52. The molecule has 1 aromatic carbocycles. The molecule has 0 aliphatic rings. The number of hydrogen-bond donors (Lipinski definition) is 1. The number of hydrogen-bond acceptors (Lipinski definition) is 4. The molecule has 0 aliphatic carbocycles. The molecule has 0 fully saturated rings. The number of benzene rings is 1. The minimum Gasteiger partial charge on any atom is -0.453 e. The van der Waals surface area contributed by atoms with Crippen LogP contribution in [0, 0.1) is 0 Å². The van der Waals surface area contributed by atoms with Crippen molar-refractivity contribution in [1.29, 1.82) is 0 Å². The highest BCUT2D eigenvalue weighted by atomic mass is 35.5.